The molecule has 3 heterocycles. The first-order valence-electron chi connectivity index (χ1n) is 18.0. The Morgan fingerprint density at radius 3 is 2.38 bits per heavy atom. The Morgan fingerprint density at radius 2 is 1.63 bits per heavy atom. The Kier molecular flexibility index (Phi) is 10.7. The highest BCUT2D eigenvalue weighted by Crippen LogP contribution is 2.29. The number of imidazole rings is 1. The molecule has 16 heteroatoms. The fourth-order valence-corrected chi connectivity index (χ4v) is 8.23. The Labute approximate surface area is 301 Å². The van der Waals surface area contributed by atoms with Crippen LogP contribution >= 0.6 is 0 Å². The monoisotopic (exact) mass is 731 g/mol. The summed E-state index contributed by atoms with van der Waals surface area (Å²) in [5.41, 5.74) is 2.45. The summed E-state index contributed by atoms with van der Waals surface area (Å²) in [4.78, 5) is 32.2. The fraction of sp³-hybridized carbons (Fsp3) is 0.444. The van der Waals surface area contributed by atoms with Gasteiger partial charge in [0, 0.05) is 43.6 Å². The van der Waals surface area contributed by atoms with Crippen molar-refractivity contribution in [3.8, 4) is 11.4 Å². The van der Waals surface area contributed by atoms with Crippen LogP contribution < -0.4 is 31.1 Å². The van der Waals surface area contributed by atoms with Crippen molar-refractivity contribution in [1.29, 1.82) is 0 Å². The van der Waals surface area contributed by atoms with Crippen LogP contribution in [0.1, 0.15) is 51.4 Å². The second-order valence-corrected chi connectivity index (χ2v) is 15.4. The molecule has 5 N–H and O–H groups in total. The molecule has 1 saturated heterocycles. The number of aliphatic hydroxyl groups excluding tert-OH is 1. The number of fused-ring (bicyclic) bond motifs is 1. The number of aromatic nitrogens is 6. The van der Waals surface area contributed by atoms with E-state index in [2.05, 4.69) is 35.3 Å². The molecule has 1 aliphatic heterocycles. The lowest BCUT2D eigenvalue weighted by atomic mass is 10.0. The van der Waals surface area contributed by atoms with Crippen molar-refractivity contribution in [3.05, 3.63) is 87.7 Å². The summed E-state index contributed by atoms with van der Waals surface area (Å²) in [7, 11) is -3.87. The van der Waals surface area contributed by atoms with Gasteiger partial charge in [-0.2, -0.15) is 9.36 Å². The Morgan fingerprint density at radius 1 is 0.904 bits per heavy atom. The van der Waals surface area contributed by atoms with Gasteiger partial charge in [-0.25, -0.2) is 18.0 Å². The van der Waals surface area contributed by atoms with E-state index in [0.717, 1.165) is 50.4 Å². The number of H-pyrrole nitrogens is 2. The average Bonchev–Trinajstić information content (AvgIpc) is 3.90. The molecule has 276 valence electrons. The highest BCUT2D eigenvalue weighted by atomic mass is 32.2. The smallest absolute Gasteiger partial charge is 0.368 e. The molecule has 5 aromatic rings. The van der Waals surface area contributed by atoms with Crippen LogP contribution in [0.4, 0.5) is 11.4 Å². The second kappa shape index (κ2) is 15.8. The van der Waals surface area contributed by atoms with Gasteiger partial charge in [0.1, 0.15) is 24.0 Å². The highest BCUT2D eigenvalue weighted by molar-refractivity contribution is 7.92. The number of para-hydroxylation sites is 1. The third-order valence-electron chi connectivity index (χ3n) is 10.1. The largest absolute Gasteiger partial charge is 0.489 e. The van der Waals surface area contributed by atoms with Crippen molar-refractivity contribution < 1.29 is 18.3 Å². The lowest BCUT2D eigenvalue weighted by Gasteiger charge is -2.34. The predicted molar refractivity (Wildman–Crippen MR) is 198 cm³/mol. The van der Waals surface area contributed by atoms with Gasteiger partial charge in [0.2, 0.25) is 0 Å². The van der Waals surface area contributed by atoms with Crippen LogP contribution in [0.3, 0.4) is 0 Å². The fourth-order valence-electron chi connectivity index (χ4n) is 7.17. The number of hydrogen-bond donors (Lipinski definition) is 5. The van der Waals surface area contributed by atoms with Crippen LogP contribution in [0.25, 0.3) is 16.7 Å². The van der Waals surface area contributed by atoms with E-state index < -0.39 is 16.1 Å². The van der Waals surface area contributed by atoms with E-state index in [-0.39, 0.29) is 28.9 Å². The summed E-state index contributed by atoms with van der Waals surface area (Å²) in [5, 5.41) is 22.0. The van der Waals surface area contributed by atoms with Gasteiger partial charge in [-0.15, -0.1) is 0 Å². The van der Waals surface area contributed by atoms with E-state index in [1.165, 1.54) is 47.2 Å². The lowest BCUT2D eigenvalue weighted by Crippen LogP contribution is -2.45. The number of piperidine rings is 1. The number of tetrazole rings is 1. The Hall–Kier alpha value is -4.93. The summed E-state index contributed by atoms with van der Waals surface area (Å²) < 4.78 is 37.3. The molecule has 2 aliphatic rings. The Bertz CT molecular complexity index is 2160. The SMILES string of the molecule is O=c1[nH]c2cccc(OC[C@@H](O)CNC3CCN(c4ccc(NS(=O)(=O)c5ccc(-n6nnn(CCCC7CCCC7)c6=O)cc5)cc4)CC3)c2[nH]1. The minimum atomic E-state index is -3.87. The Balaban J connectivity index is 0.854. The number of ether oxygens (including phenoxy) is 1. The number of benzene rings is 3. The van der Waals surface area contributed by atoms with Crippen molar-refractivity contribution >= 4 is 32.4 Å². The average molecular weight is 732 g/mol. The topological polar surface area (TPSA) is 192 Å². The maximum Gasteiger partial charge on any atom is 0.368 e. The normalized spacial score (nSPS) is 16.4. The molecule has 2 aromatic heterocycles. The van der Waals surface area contributed by atoms with E-state index in [1.54, 1.807) is 42.5 Å². The van der Waals surface area contributed by atoms with Crippen molar-refractivity contribution in [3.63, 3.8) is 0 Å². The van der Waals surface area contributed by atoms with Gasteiger partial charge in [-0.3, -0.25) is 4.72 Å². The molecule has 1 atom stereocenters. The molecular weight excluding hydrogens is 687 g/mol. The molecule has 0 unspecified atom stereocenters. The van der Waals surface area contributed by atoms with E-state index in [1.807, 2.05) is 12.1 Å². The highest BCUT2D eigenvalue weighted by Gasteiger charge is 2.22. The van der Waals surface area contributed by atoms with Crippen LogP contribution in [0.2, 0.25) is 0 Å². The van der Waals surface area contributed by atoms with E-state index in [0.29, 0.717) is 41.2 Å². The molecular formula is C36H45N9O6S. The number of hydrogen-bond acceptors (Lipinski definition) is 10. The zero-order valence-corrected chi connectivity index (χ0v) is 29.7. The number of aliphatic hydroxyl groups is 1. The molecule has 7 rings (SSSR count). The third-order valence-corrected chi connectivity index (χ3v) is 11.5. The number of sulfonamides is 1. The first kappa shape index (κ1) is 35.5. The zero-order valence-electron chi connectivity index (χ0n) is 28.9. The van der Waals surface area contributed by atoms with Crippen LogP contribution in [0, 0.1) is 5.92 Å². The summed E-state index contributed by atoms with van der Waals surface area (Å²) in [5.74, 6) is 1.25. The quantitative estimate of drug-likeness (QED) is 0.107. The van der Waals surface area contributed by atoms with Crippen LogP contribution in [0.15, 0.2) is 81.2 Å². The molecule has 2 fully saturated rings. The number of nitrogens with zero attached hydrogens (tertiary/aromatic N) is 5. The van der Waals surface area contributed by atoms with Crippen LogP contribution in [-0.2, 0) is 16.6 Å². The molecule has 0 radical (unpaired) electrons. The van der Waals surface area contributed by atoms with Crippen molar-refractivity contribution in [2.45, 2.75) is 75.0 Å². The summed E-state index contributed by atoms with van der Waals surface area (Å²) >= 11 is 0. The van der Waals surface area contributed by atoms with Crippen LogP contribution in [0.5, 0.6) is 5.75 Å². The molecule has 1 saturated carbocycles. The van der Waals surface area contributed by atoms with E-state index in [9.17, 15) is 23.1 Å². The van der Waals surface area contributed by atoms with Gasteiger partial charge < -0.3 is 30.0 Å². The minimum absolute atomic E-state index is 0.0675. The van der Waals surface area contributed by atoms with Gasteiger partial charge in [0.25, 0.3) is 10.0 Å². The molecule has 1 aliphatic carbocycles. The number of nitrogens with one attached hydrogen (secondary N) is 4. The first-order valence-corrected chi connectivity index (χ1v) is 19.5. The number of aryl methyl sites for hydroxylation is 1. The number of rotatable bonds is 15. The zero-order chi connectivity index (χ0) is 36.1. The number of anilines is 2. The van der Waals surface area contributed by atoms with Crippen molar-refractivity contribution in [2.24, 2.45) is 5.92 Å². The third kappa shape index (κ3) is 8.40. The predicted octanol–water partition coefficient (Wildman–Crippen LogP) is 3.37. The van der Waals surface area contributed by atoms with Gasteiger partial charge in [-0.1, -0.05) is 31.7 Å². The maximum atomic E-state index is 13.2. The van der Waals surface area contributed by atoms with Gasteiger partial charge >= 0.3 is 11.4 Å². The van der Waals surface area contributed by atoms with E-state index >= 15 is 0 Å². The molecule has 0 spiro atoms. The van der Waals surface area contributed by atoms with Gasteiger partial charge in [0.15, 0.2) is 0 Å². The minimum Gasteiger partial charge on any atom is -0.489 e. The first-order chi connectivity index (χ1) is 25.2. The molecule has 15 nitrogen and oxygen atoms in total. The molecule has 0 bridgehead atoms. The summed E-state index contributed by atoms with van der Waals surface area (Å²) in [6.45, 7) is 2.60. The van der Waals surface area contributed by atoms with Crippen molar-refractivity contribution in [1.82, 2.24) is 35.1 Å². The maximum absolute atomic E-state index is 13.2. The van der Waals surface area contributed by atoms with Crippen molar-refractivity contribution in [2.75, 3.05) is 35.9 Å². The summed E-state index contributed by atoms with van der Waals surface area (Å²) in [6, 6.07) is 18.9. The van der Waals surface area contributed by atoms with Gasteiger partial charge in [0.05, 0.1) is 16.1 Å². The summed E-state index contributed by atoms with van der Waals surface area (Å²) in [6.07, 6.45) is 8.13. The van der Waals surface area contributed by atoms with Gasteiger partial charge in [-0.05, 0) is 103 Å². The van der Waals surface area contributed by atoms with Crippen LogP contribution in [-0.4, -0.2) is 81.7 Å². The lowest BCUT2D eigenvalue weighted by molar-refractivity contribution is 0.103. The molecule has 0 amide bonds. The standard InChI is InChI=1S/C36H45N9O6S/c46-30(24-51-33-9-3-8-32-34(33)39-35(47)38-32)23-37-26-18-21-43(22-19-26)28-12-10-27(11-13-28)40-52(49,50)31-16-14-29(15-17-31)45-36(48)44(41-42-45)20-4-7-25-5-1-2-6-25/h3,8-17,25-26,30,37,40,46H,1-2,4-7,18-24H2,(H2,38,39,47)/t30-/m0/s1. The molecule has 52 heavy (non-hydrogen) atoms. The number of aromatic amines is 2. The molecule has 3 aromatic carbocycles. The van der Waals surface area contributed by atoms with E-state index in [4.69, 9.17) is 4.74 Å². The second-order valence-electron chi connectivity index (χ2n) is 13.7.